The van der Waals surface area contributed by atoms with Crippen molar-refractivity contribution in [3.63, 3.8) is 0 Å². The second-order valence-corrected chi connectivity index (χ2v) is 12.8. The van der Waals surface area contributed by atoms with Gasteiger partial charge in [0.05, 0.1) is 4.70 Å². The number of benzene rings is 2. The zero-order valence-corrected chi connectivity index (χ0v) is 23.6. The van der Waals surface area contributed by atoms with Crippen LogP contribution in [0.4, 0.5) is 0 Å². The van der Waals surface area contributed by atoms with Crippen molar-refractivity contribution in [2.24, 2.45) is 16.6 Å². The molecule has 0 fully saturated rings. The molecule has 1 unspecified atom stereocenters. The number of rotatable bonds is 12. The van der Waals surface area contributed by atoms with E-state index in [9.17, 15) is 14.7 Å². The fraction of sp³-hybridized carbons (Fsp3) is 0.517. The van der Waals surface area contributed by atoms with Crippen LogP contribution >= 0.6 is 11.3 Å². The molecule has 3 rings (SSSR count). The van der Waals surface area contributed by atoms with E-state index >= 15 is 0 Å². The minimum Gasteiger partial charge on any atom is -0.506 e. The number of nitrogens with one attached hydrogen (secondary N) is 2. The Bertz CT molecular complexity index is 1230. The molecule has 1 amide bonds. The van der Waals surface area contributed by atoms with Gasteiger partial charge in [0.15, 0.2) is 0 Å². The molecule has 0 aliphatic heterocycles. The highest BCUT2D eigenvalue weighted by molar-refractivity contribution is 7.16. The number of nitrogens with two attached hydrogens (primary N) is 1. The molecule has 1 aromatic heterocycles. The number of aromatic hydroxyl groups is 1. The number of hydrogen-bond acceptors (Lipinski definition) is 6. The van der Waals surface area contributed by atoms with Crippen molar-refractivity contribution in [1.82, 2.24) is 15.2 Å². The van der Waals surface area contributed by atoms with E-state index in [1.807, 2.05) is 29.2 Å². The Hall–Kier alpha value is -2.68. The van der Waals surface area contributed by atoms with Crippen LogP contribution in [0.2, 0.25) is 0 Å². The van der Waals surface area contributed by atoms with Crippen LogP contribution < -0.4 is 15.9 Å². The van der Waals surface area contributed by atoms with Crippen LogP contribution in [0, 0.1) is 10.8 Å². The number of nitrogens with zero attached hydrogens (tertiary/aromatic N) is 1. The molecule has 0 radical (unpaired) electrons. The van der Waals surface area contributed by atoms with E-state index in [2.05, 4.69) is 57.1 Å². The van der Waals surface area contributed by atoms with Gasteiger partial charge in [-0.25, -0.2) is 0 Å². The first-order chi connectivity index (χ1) is 17.4. The number of carbonyl (C=O) groups excluding carboxylic acids is 1. The van der Waals surface area contributed by atoms with Gasteiger partial charge in [0.25, 0.3) is 0 Å². The third-order valence-corrected chi connectivity index (χ3v) is 7.65. The number of thiazole rings is 1. The predicted octanol–water partition coefficient (Wildman–Crippen LogP) is 4.29. The molecular weight excluding hydrogens is 484 g/mol. The van der Waals surface area contributed by atoms with Crippen LogP contribution in [0.15, 0.2) is 47.3 Å². The Morgan fingerprint density at radius 1 is 1.11 bits per heavy atom. The molecule has 0 saturated carbocycles. The van der Waals surface area contributed by atoms with Crippen molar-refractivity contribution in [3.05, 3.63) is 63.3 Å². The fourth-order valence-electron chi connectivity index (χ4n) is 4.54. The fourth-order valence-corrected chi connectivity index (χ4v) is 5.44. The molecule has 202 valence electrons. The summed E-state index contributed by atoms with van der Waals surface area (Å²) >= 11 is 1.12. The number of H-pyrrole nitrogens is 1. The Balaban J connectivity index is 1.55. The molecule has 2 aromatic carbocycles. The van der Waals surface area contributed by atoms with Gasteiger partial charge >= 0.3 is 4.87 Å². The number of phenolic OH excluding ortho intramolecular Hbond substituents is 1. The lowest BCUT2D eigenvalue weighted by molar-refractivity contribution is -0.133. The van der Waals surface area contributed by atoms with Crippen LogP contribution in [0.5, 0.6) is 5.75 Å². The van der Waals surface area contributed by atoms with Gasteiger partial charge < -0.3 is 26.0 Å². The van der Waals surface area contributed by atoms with Crippen molar-refractivity contribution >= 4 is 27.5 Å². The van der Waals surface area contributed by atoms with Crippen LogP contribution in [0.3, 0.4) is 0 Å². The molecule has 0 aliphatic carbocycles. The molecule has 1 atom stereocenters. The predicted molar refractivity (Wildman–Crippen MR) is 153 cm³/mol. The summed E-state index contributed by atoms with van der Waals surface area (Å²) in [6, 6.07) is 13.5. The Morgan fingerprint density at radius 2 is 1.81 bits per heavy atom. The third-order valence-electron chi connectivity index (χ3n) is 6.69. The Labute approximate surface area is 224 Å². The molecular formula is C29H42N4O3S. The zero-order valence-electron chi connectivity index (χ0n) is 22.8. The number of aromatic amines is 1. The van der Waals surface area contributed by atoms with Gasteiger partial charge in [0.1, 0.15) is 11.3 Å². The molecule has 7 nitrogen and oxygen atoms in total. The molecule has 0 saturated heterocycles. The maximum Gasteiger partial charge on any atom is 0.305 e. The number of phenols is 1. The van der Waals surface area contributed by atoms with Gasteiger partial charge in [0, 0.05) is 32.1 Å². The number of amides is 1. The van der Waals surface area contributed by atoms with Gasteiger partial charge in [-0.3, -0.25) is 9.59 Å². The molecule has 1 heterocycles. The smallest absolute Gasteiger partial charge is 0.305 e. The first-order valence-electron chi connectivity index (χ1n) is 13.0. The Morgan fingerprint density at radius 3 is 2.49 bits per heavy atom. The average Bonchev–Trinajstić information content (AvgIpc) is 3.21. The van der Waals surface area contributed by atoms with Gasteiger partial charge in [0.2, 0.25) is 5.91 Å². The van der Waals surface area contributed by atoms with E-state index in [1.54, 1.807) is 6.07 Å². The van der Waals surface area contributed by atoms with E-state index < -0.39 is 0 Å². The van der Waals surface area contributed by atoms with E-state index in [0.29, 0.717) is 38.1 Å². The summed E-state index contributed by atoms with van der Waals surface area (Å²) < 4.78 is 0.795. The van der Waals surface area contributed by atoms with Crippen molar-refractivity contribution < 1.29 is 9.90 Å². The third kappa shape index (κ3) is 8.42. The standard InChI is InChI=1S/C29H42N4O3S/c1-28(2,3)19-33(24(35)17-23(30)29(4,5)18-20-9-7-6-8-10-20)16-15-31-14-13-21-11-12-22(34)25-26(21)37-27(36)32-25/h6-12,23,31,34H,13-19,30H2,1-5H3,(H,32,36). The van der Waals surface area contributed by atoms with Gasteiger partial charge in [-0.05, 0) is 47.4 Å². The molecule has 5 N–H and O–H groups in total. The largest absolute Gasteiger partial charge is 0.506 e. The van der Waals surface area contributed by atoms with Gasteiger partial charge in [-0.1, -0.05) is 82.4 Å². The van der Waals surface area contributed by atoms with E-state index in [1.165, 1.54) is 5.56 Å². The minimum absolute atomic E-state index is 0.0251. The maximum absolute atomic E-state index is 13.4. The average molecular weight is 527 g/mol. The van der Waals surface area contributed by atoms with Crippen molar-refractivity contribution in [3.8, 4) is 5.75 Å². The zero-order chi connectivity index (χ0) is 27.2. The van der Waals surface area contributed by atoms with Crippen LogP contribution in [0.25, 0.3) is 10.2 Å². The minimum atomic E-state index is -0.249. The SMILES string of the molecule is CC(C)(C)CN(CCNCCc1ccc(O)c2[nH]c(=O)sc12)C(=O)CC(N)C(C)(C)Cc1ccccc1. The summed E-state index contributed by atoms with van der Waals surface area (Å²) in [6.07, 6.45) is 1.85. The molecule has 8 heteroatoms. The first kappa shape index (κ1) is 28.9. The number of fused-ring (bicyclic) bond motifs is 1. The number of hydrogen-bond donors (Lipinski definition) is 4. The quantitative estimate of drug-likeness (QED) is 0.263. The molecule has 3 aromatic rings. The van der Waals surface area contributed by atoms with Crippen molar-refractivity contribution in [2.75, 3.05) is 26.2 Å². The van der Waals surface area contributed by atoms with Gasteiger partial charge in [-0.15, -0.1) is 0 Å². The van der Waals surface area contributed by atoms with Crippen molar-refractivity contribution in [1.29, 1.82) is 0 Å². The monoisotopic (exact) mass is 526 g/mol. The maximum atomic E-state index is 13.4. The topological polar surface area (TPSA) is 111 Å². The Kier molecular flexibility index (Phi) is 9.56. The normalized spacial score (nSPS) is 13.1. The summed E-state index contributed by atoms with van der Waals surface area (Å²) in [5.74, 6) is 0.175. The number of carbonyl (C=O) groups is 1. The van der Waals surface area contributed by atoms with E-state index in [4.69, 9.17) is 5.73 Å². The highest BCUT2D eigenvalue weighted by Crippen LogP contribution is 2.29. The molecule has 0 aliphatic rings. The van der Waals surface area contributed by atoms with Crippen LogP contribution in [0.1, 0.15) is 52.2 Å². The second kappa shape index (κ2) is 12.2. The molecule has 37 heavy (non-hydrogen) atoms. The lowest BCUT2D eigenvalue weighted by atomic mass is 9.77. The van der Waals surface area contributed by atoms with E-state index in [0.717, 1.165) is 34.4 Å². The highest BCUT2D eigenvalue weighted by Gasteiger charge is 2.31. The molecule has 0 spiro atoms. The molecule has 0 bridgehead atoms. The van der Waals surface area contributed by atoms with Crippen molar-refractivity contribution in [2.45, 2.75) is 59.9 Å². The second-order valence-electron chi connectivity index (χ2n) is 11.8. The van der Waals surface area contributed by atoms with E-state index in [-0.39, 0.29) is 33.4 Å². The first-order valence-corrected chi connectivity index (χ1v) is 13.8. The summed E-state index contributed by atoms with van der Waals surface area (Å²) in [7, 11) is 0. The summed E-state index contributed by atoms with van der Waals surface area (Å²) in [4.78, 5) is 29.6. The lowest BCUT2D eigenvalue weighted by Gasteiger charge is -2.35. The summed E-state index contributed by atoms with van der Waals surface area (Å²) in [6.45, 7) is 13.3. The van der Waals surface area contributed by atoms with Crippen LogP contribution in [-0.2, 0) is 17.6 Å². The lowest BCUT2D eigenvalue weighted by Crippen LogP contribution is -2.47. The summed E-state index contributed by atoms with van der Waals surface area (Å²) in [5, 5.41) is 13.4. The highest BCUT2D eigenvalue weighted by atomic mass is 32.1. The van der Waals surface area contributed by atoms with Gasteiger partial charge in [-0.2, -0.15) is 0 Å². The summed E-state index contributed by atoms with van der Waals surface area (Å²) in [5.41, 5.74) is 9.10. The van der Waals surface area contributed by atoms with Crippen LogP contribution in [-0.4, -0.2) is 53.1 Å². The number of aromatic nitrogens is 1.